The Kier molecular flexibility index (Phi) is 30.1. The number of rotatable bonds is 34. The second-order valence-electron chi connectivity index (χ2n) is 23.3. The van der Waals surface area contributed by atoms with Gasteiger partial charge in [-0.2, -0.15) is 0 Å². The van der Waals surface area contributed by atoms with Crippen LogP contribution in [0, 0.1) is 25.2 Å². The zero-order chi connectivity index (χ0) is 64.7. The average molecular weight is 1260 g/mol. The maximum absolute atomic E-state index is 14.0. The van der Waals surface area contributed by atoms with Gasteiger partial charge in [0, 0.05) is 109 Å². The summed E-state index contributed by atoms with van der Waals surface area (Å²) in [4.78, 5) is 128. The maximum Gasteiger partial charge on any atom is 0.317 e. The van der Waals surface area contributed by atoms with E-state index in [1.165, 1.54) is 12.3 Å². The minimum atomic E-state index is -3.09. The van der Waals surface area contributed by atoms with E-state index in [-0.39, 0.29) is 62.8 Å². The fourth-order valence-electron chi connectivity index (χ4n) is 11.3. The number of aromatic nitrogens is 1. The van der Waals surface area contributed by atoms with Gasteiger partial charge in [0.05, 0.1) is 49.9 Å². The lowest BCUT2D eigenvalue weighted by atomic mass is 9.92. The molecule has 0 saturated carbocycles. The molecule has 6 rings (SSSR count). The zero-order valence-electron chi connectivity index (χ0n) is 51.7. The van der Waals surface area contributed by atoms with Gasteiger partial charge < -0.3 is 50.4 Å². The Morgan fingerprint density at radius 2 is 1.40 bits per heavy atom. The van der Waals surface area contributed by atoms with Gasteiger partial charge in [0.15, 0.2) is 0 Å². The van der Waals surface area contributed by atoms with Gasteiger partial charge >= 0.3 is 5.97 Å². The van der Waals surface area contributed by atoms with Crippen molar-refractivity contribution in [2.75, 3.05) is 125 Å². The van der Waals surface area contributed by atoms with Crippen LogP contribution >= 0.6 is 0 Å². The molecule has 5 N–H and O–H groups in total. The van der Waals surface area contributed by atoms with Crippen LogP contribution in [0.25, 0.3) is 10.9 Å². The number of fused-ring (bicyclic) bond motifs is 1. The van der Waals surface area contributed by atoms with Crippen LogP contribution in [0.3, 0.4) is 0 Å². The zero-order valence-corrected chi connectivity index (χ0v) is 51.7. The lowest BCUT2D eigenvalue weighted by Crippen LogP contribution is -2.52. The Morgan fingerprint density at radius 1 is 0.744 bits per heavy atom. The summed E-state index contributed by atoms with van der Waals surface area (Å²) >= 11 is 0. The van der Waals surface area contributed by atoms with Crippen LogP contribution in [-0.4, -0.2) is 237 Å². The molecule has 3 aliphatic rings. The number of carboxylic acid groups (broad SMARTS) is 1. The molecule has 3 fully saturated rings. The van der Waals surface area contributed by atoms with Crippen molar-refractivity contribution in [2.24, 2.45) is 5.92 Å². The van der Waals surface area contributed by atoms with Crippen LogP contribution in [0.4, 0.5) is 8.78 Å². The fraction of sp³-hybridized carbons (Fsp3) is 0.594. The fourth-order valence-corrected chi connectivity index (χ4v) is 11.3. The number of aryl methyl sites for hydroxylation is 2. The number of benzene rings is 2. The molecule has 3 saturated heterocycles. The molecule has 3 aliphatic heterocycles. The van der Waals surface area contributed by atoms with E-state index in [1.54, 1.807) is 23.1 Å². The van der Waals surface area contributed by atoms with Gasteiger partial charge in [-0.1, -0.05) is 42.2 Å². The highest BCUT2D eigenvalue weighted by Crippen LogP contribution is 2.32. The van der Waals surface area contributed by atoms with E-state index >= 15 is 0 Å². The summed E-state index contributed by atoms with van der Waals surface area (Å²) in [6.07, 6.45) is 14.3. The van der Waals surface area contributed by atoms with Crippen LogP contribution in [0.2, 0.25) is 0 Å². The first-order chi connectivity index (χ1) is 43.4. The third-order valence-corrected chi connectivity index (χ3v) is 16.4. The van der Waals surface area contributed by atoms with E-state index in [9.17, 15) is 57.0 Å². The molecular formula is C64H89F2N11O13. The van der Waals surface area contributed by atoms with E-state index in [1.807, 2.05) is 38.7 Å². The van der Waals surface area contributed by atoms with Crippen molar-refractivity contribution in [3.8, 4) is 18.1 Å². The normalized spacial score (nSPS) is 17.6. The Labute approximate surface area is 525 Å². The molecule has 1 aromatic heterocycles. The quantitative estimate of drug-likeness (QED) is 0.0326. The third kappa shape index (κ3) is 25.2. The monoisotopic (exact) mass is 1260 g/mol. The number of unbranched alkanes of at least 4 members (excludes halogenated alkanes) is 2. The number of pyridine rings is 1. The van der Waals surface area contributed by atoms with Gasteiger partial charge in [-0.3, -0.25) is 67.7 Å². The molecule has 6 amide bonds. The van der Waals surface area contributed by atoms with Crippen molar-refractivity contribution >= 4 is 65.3 Å². The van der Waals surface area contributed by atoms with Gasteiger partial charge in [-0.15, -0.1) is 6.42 Å². The minimum absolute atomic E-state index is 0.00479. The van der Waals surface area contributed by atoms with Crippen LogP contribution in [0.15, 0.2) is 54.7 Å². The molecule has 0 aliphatic carbocycles. The number of nitrogens with one attached hydrogen (secondary N) is 4. The van der Waals surface area contributed by atoms with Crippen molar-refractivity contribution in [1.82, 2.24) is 55.7 Å². The van der Waals surface area contributed by atoms with Gasteiger partial charge in [0.25, 0.3) is 24.8 Å². The molecule has 4 heterocycles. The van der Waals surface area contributed by atoms with Crippen molar-refractivity contribution in [1.29, 1.82) is 0 Å². The topological polar surface area (TPSA) is 282 Å². The van der Waals surface area contributed by atoms with E-state index in [0.29, 0.717) is 159 Å². The minimum Gasteiger partial charge on any atom is -0.494 e. The second kappa shape index (κ2) is 38.0. The average Bonchev–Trinajstić information content (AvgIpc) is 1.96. The number of ether oxygens (including phenoxy) is 3. The van der Waals surface area contributed by atoms with Crippen LogP contribution in [-0.2, 0) is 54.3 Å². The molecule has 26 heteroatoms. The van der Waals surface area contributed by atoms with Gasteiger partial charge in [-0.05, 0) is 107 Å². The highest BCUT2D eigenvalue weighted by atomic mass is 19.3. The summed E-state index contributed by atoms with van der Waals surface area (Å²) in [5.74, 6) is -3.04. The van der Waals surface area contributed by atoms with Gasteiger partial charge in [0.2, 0.25) is 29.5 Å². The number of amides is 6. The summed E-state index contributed by atoms with van der Waals surface area (Å²) < 4.78 is 44.1. The number of nitrogens with zero attached hydrogens (tertiary/aromatic N) is 7. The first-order valence-corrected chi connectivity index (χ1v) is 31.2. The Morgan fingerprint density at radius 3 is 2.06 bits per heavy atom. The number of aliphatic carboxylic acids is 1. The van der Waals surface area contributed by atoms with Crippen molar-refractivity contribution in [3.05, 3.63) is 71.4 Å². The molecule has 0 bridgehead atoms. The van der Waals surface area contributed by atoms with Gasteiger partial charge in [-0.25, -0.2) is 8.78 Å². The molecule has 0 unspecified atom stereocenters. The second-order valence-corrected chi connectivity index (χ2v) is 23.3. The molecule has 2 atom stereocenters. The summed E-state index contributed by atoms with van der Waals surface area (Å²) in [5, 5.41) is 21.6. The van der Waals surface area contributed by atoms with E-state index < -0.39 is 61.2 Å². The first kappa shape index (κ1) is 71.2. The number of halogens is 2. The first-order valence-electron chi connectivity index (χ1n) is 31.2. The number of carbonyl (C=O) groups excluding carboxylic acids is 8. The molecule has 90 heavy (non-hydrogen) atoms. The number of hydrogen-bond donors (Lipinski definition) is 5. The Bertz CT molecular complexity index is 2870. The smallest absolute Gasteiger partial charge is 0.317 e. The molecule has 0 radical (unpaired) electrons. The van der Waals surface area contributed by atoms with Crippen molar-refractivity contribution < 1.29 is 71.2 Å². The summed E-state index contributed by atoms with van der Waals surface area (Å²) in [5.41, 5.74) is 3.10. The number of piperidine rings is 1. The van der Waals surface area contributed by atoms with E-state index in [4.69, 9.17) is 20.6 Å². The van der Waals surface area contributed by atoms with E-state index in [0.717, 1.165) is 48.1 Å². The largest absolute Gasteiger partial charge is 0.494 e. The molecule has 0 spiro atoms. The third-order valence-electron chi connectivity index (χ3n) is 16.4. The lowest BCUT2D eigenvalue weighted by molar-refractivity contribution is -0.139. The lowest BCUT2D eigenvalue weighted by Gasteiger charge is -2.33. The standard InChI is InChI=1S/C64H89F2N11O13/c1-3-51-39-64(65,66)43-77(51)60(83)40-70-62(86)53-21-26-67-55-20-19-52(38-54(53)55)90-37-9-11-50-22-27-76(28-23-50)59(82)14-5-4-6-24-69-63(87)56(12-8-25-68-57(80)13-7-10-49-17-15-48(2)16-18-49)71-58(81)41-72-29-30-73(42-61(84)85)32-34-75(45-89-47-79)36-35-74(33-31-72)44-88-46-78/h1,15-21,26,38,46-47,50-51,56H,4-14,22-25,27-37,39-45H2,2H3,(H,68,80)(H,69,87)(H,70,86)(H,71,81)(H,84,85)/t51-,56-/m0/s1. The number of hydrogen-bond acceptors (Lipinski definition) is 17. The summed E-state index contributed by atoms with van der Waals surface area (Å²) in [6.45, 7) is 6.17. The van der Waals surface area contributed by atoms with Crippen LogP contribution in [0.1, 0.15) is 105 Å². The van der Waals surface area contributed by atoms with Crippen molar-refractivity contribution in [2.45, 2.75) is 115 Å². The van der Waals surface area contributed by atoms with Crippen LogP contribution in [0.5, 0.6) is 5.75 Å². The molecule has 2 aromatic carbocycles. The van der Waals surface area contributed by atoms with Crippen molar-refractivity contribution in [3.63, 3.8) is 0 Å². The van der Waals surface area contributed by atoms with Gasteiger partial charge in [0.1, 0.15) is 25.3 Å². The highest BCUT2D eigenvalue weighted by molar-refractivity contribution is 6.07. The van der Waals surface area contributed by atoms with E-state index in [2.05, 4.69) is 44.3 Å². The number of carbonyl (C=O) groups is 9. The molecular weight excluding hydrogens is 1170 g/mol. The molecule has 3 aromatic rings. The highest BCUT2D eigenvalue weighted by Gasteiger charge is 2.46. The predicted molar refractivity (Wildman–Crippen MR) is 329 cm³/mol. The Hall–Kier alpha value is -7.86. The predicted octanol–water partition coefficient (Wildman–Crippen LogP) is 3.19. The maximum atomic E-state index is 14.0. The number of alkyl halides is 2. The Balaban J connectivity index is 0.920. The SMILES string of the molecule is C#C[C@H]1CC(F)(F)CN1C(=O)CNC(=O)c1ccnc2ccc(OCCCC3CCN(C(=O)CCCCCNC(=O)[C@H](CCCNC(=O)CCCc4ccc(C)cc4)NC(=O)CN4CCN(COC=O)CCN(COC=O)CCN(CC(=O)O)CC4)CC3)cc12. The van der Waals surface area contributed by atoms with Crippen LogP contribution < -0.4 is 26.0 Å². The molecule has 492 valence electrons. The molecule has 24 nitrogen and oxygen atoms in total. The number of carboxylic acids is 1. The number of likely N-dealkylation sites (tertiary alicyclic amines) is 2. The summed E-state index contributed by atoms with van der Waals surface area (Å²) in [6, 6.07) is 12.9. The summed E-state index contributed by atoms with van der Waals surface area (Å²) in [7, 11) is 0. The number of terminal acetylenes is 1.